The van der Waals surface area contributed by atoms with E-state index in [4.69, 9.17) is 15.0 Å². The maximum atomic E-state index is 12.5. The number of benzene rings is 6. The van der Waals surface area contributed by atoms with E-state index in [1.165, 1.54) is 20.2 Å². The van der Waals surface area contributed by atoms with E-state index in [9.17, 15) is 4.79 Å². The number of thiophene rings is 1. The highest BCUT2D eigenvalue weighted by Gasteiger charge is 2.15. The second-order valence-electron chi connectivity index (χ2n) is 12.2. The van der Waals surface area contributed by atoms with Crippen LogP contribution in [0, 0.1) is 0 Å². The average molecular weight is 652 g/mol. The molecule has 0 unspecified atom stereocenters. The van der Waals surface area contributed by atoms with Crippen LogP contribution in [-0.2, 0) is 14.1 Å². The largest absolute Gasteiger partial charge is 0.328 e. The van der Waals surface area contributed by atoms with Gasteiger partial charge in [-0.1, -0.05) is 103 Å². The number of imidazole rings is 1. The first-order chi connectivity index (χ1) is 24.0. The summed E-state index contributed by atoms with van der Waals surface area (Å²) < 4.78 is 5.94. The first-order valence-electron chi connectivity index (χ1n) is 16.1. The van der Waals surface area contributed by atoms with E-state index in [2.05, 4.69) is 91.0 Å². The molecule has 0 spiro atoms. The fourth-order valence-electron chi connectivity index (χ4n) is 6.59. The van der Waals surface area contributed by atoms with Crippen LogP contribution in [0.2, 0.25) is 0 Å². The zero-order valence-corrected chi connectivity index (χ0v) is 27.6. The summed E-state index contributed by atoms with van der Waals surface area (Å²) in [5, 5.41) is 2.56. The van der Waals surface area contributed by atoms with E-state index in [0.717, 1.165) is 50.0 Å². The average Bonchev–Trinajstić information content (AvgIpc) is 3.64. The van der Waals surface area contributed by atoms with Crippen molar-refractivity contribution >= 4 is 42.5 Å². The van der Waals surface area contributed by atoms with Crippen LogP contribution < -0.4 is 5.69 Å². The van der Waals surface area contributed by atoms with E-state index in [1.807, 2.05) is 59.9 Å². The van der Waals surface area contributed by atoms with Crippen molar-refractivity contribution in [3.63, 3.8) is 0 Å². The van der Waals surface area contributed by atoms with Crippen LogP contribution in [0.4, 0.5) is 0 Å². The normalized spacial score (nSPS) is 11.6. The van der Waals surface area contributed by atoms with Crippen LogP contribution in [0.15, 0.2) is 144 Å². The Morgan fingerprint density at radius 1 is 0.429 bits per heavy atom. The number of aromatic nitrogens is 5. The molecule has 234 valence electrons. The molecule has 6 nitrogen and oxygen atoms in total. The minimum Gasteiger partial charge on any atom is -0.295 e. The molecule has 0 saturated heterocycles. The molecular weight excluding hydrogens is 623 g/mol. The molecule has 0 aliphatic carbocycles. The van der Waals surface area contributed by atoms with Gasteiger partial charge in [0.25, 0.3) is 0 Å². The van der Waals surface area contributed by atoms with Gasteiger partial charge in [-0.2, -0.15) is 0 Å². The molecule has 9 aromatic rings. The van der Waals surface area contributed by atoms with Gasteiger partial charge in [-0.25, -0.2) is 19.7 Å². The zero-order chi connectivity index (χ0) is 33.1. The van der Waals surface area contributed by atoms with Crippen LogP contribution in [-0.4, -0.2) is 24.1 Å². The van der Waals surface area contributed by atoms with Crippen LogP contribution in [0.5, 0.6) is 0 Å². The Kier molecular flexibility index (Phi) is 6.81. The standard InChI is InChI=1S/C42H29N5OS/c1-46-35-21-19-31(25-36(35)47(2)42(46)48)26-15-17-28(18-16-26)40-43-39(27-9-4-3-5-10-27)44-41(45-40)32-12-8-11-29(23-32)30-20-22-38-34(24-30)33-13-6-7-14-37(33)49-38/h3-25H,1-2H3. The van der Waals surface area contributed by atoms with Crippen LogP contribution >= 0.6 is 11.3 Å². The van der Waals surface area contributed by atoms with Gasteiger partial charge in [0.15, 0.2) is 17.5 Å². The van der Waals surface area contributed by atoms with Crippen molar-refractivity contribution in [2.45, 2.75) is 0 Å². The lowest BCUT2D eigenvalue weighted by molar-refractivity contribution is 0.795. The SMILES string of the molecule is Cn1c(=O)n(C)c2cc(-c3ccc(-c4nc(-c5ccccc5)nc(-c5cccc(-c6ccc7sc8ccccc8c7c6)c5)n4)cc3)ccc21. The van der Waals surface area contributed by atoms with Crippen molar-refractivity contribution in [3.8, 4) is 56.4 Å². The smallest absolute Gasteiger partial charge is 0.295 e. The topological polar surface area (TPSA) is 65.6 Å². The third kappa shape index (κ3) is 5.03. The Labute approximate surface area is 286 Å². The summed E-state index contributed by atoms with van der Waals surface area (Å²) >= 11 is 1.83. The minimum absolute atomic E-state index is 0.0370. The third-order valence-corrected chi connectivity index (χ3v) is 10.4. The Hall–Kier alpha value is -6.18. The zero-order valence-electron chi connectivity index (χ0n) is 26.8. The lowest BCUT2D eigenvalue weighted by Crippen LogP contribution is -2.19. The summed E-state index contributed by atoms with van der Waals surface area (Å²) in [5.41, 5.74) is 8.85. The molecule has 0 aliphatic rings. The minimum atomic E-state index is -0.0370. The van der Waals surface area contributed by atoms with Crippen molar-refractivity contribution in [1.29, 1.82) is 0 Å². The summed E-state index contributed by atoms with van der Waals surface area (Å²) in [7, 11) is 3.60. The molecule has 49 heavy (non-hydrogen) atoms. The molecular formula is C42H29N5OS. The number of aryl methyl sites for hydroxylation is 2. The molecule has 3 heterocycles. The molecule has 0 radical (unpaired) electrons. The fraction of sp³-hybridized carbons (Fsp3) is 0.0476. The Bertz CT molecular complexity index is 2760. The molecule has 7 heteroatoms. The predicted molar refractivity (Wildman–Crippen MR) is 202 cm³/mol. The van der Waals surface area contributed by atoms with Crippen LogP contribution in [0.3, 0.4) is 0 Å². The van der Waals surface area contributed by atoms with E-state index in [1.54, 1.807) is 23.2 Å². The molecule has 3 aromatic heterocycles. The fourth-order valence-corrected chi connectivity index (χ4v) is 7.68. The van der Waals surface area contributed by atoms with Gasteiger partial charge in [0.05, 0.1) is 11.0 Å². The molecule has 0 saturated carbocycles. The molecule has 0 aliphatic heterocycles. The van der Waals surface area contributed by atoms with Gasteiger partial charge in [0.2, 0.25) is 0 Å². The van der Waals surface area contributed by atoms with Crippen molar-refractivity contribution in [2.75, 3.05) is 0 Å². The van der Waals surface area contributed by atoms with Crippen LogP contribution in [0.25, 0.3) is 87.6 Å². The van der Waals surface area contributed by atoms with Gasteiger partial charge in [-0.3, -0.25) is 9.13 Å². The van der Waals surface area contributed by atoms with Gasteiger partial charge in [0, 0.05) is 51.0 Å². The summed E-state index contributed by atoms with van der Waals surface area (Å²) in [6, 6.07) is 48.1. The molecule has 0 amide bonds. The van der Waals surface area contributed by atoms with Gasteiger partial charge in [-0.05, 0) is 58.7 Å². The molecule has 6 aromatic carbocycles. The predicted octanol–water partition coefficient (Wildman–Crippen LogP) is 9.76. The molecule has 0 atom stereocenters. The highest BCUT2D eigenvalue weighted by atomic mass is 32.1. The number of fused-ring (bicyclic) bond motifs is 4. The van der Waals surface area contributed by atoms with E-state index >= 15 is 0 Å². The second kappa shape index (κ2) is 11.5. The highest BCUT2D eigenvalue weighted by molar-refractivity contribution is 7.25. The van der Waals surface area contributed by atoms with E-state index in [-0.39, 0.29) is 5.69 Å². The molecule has 9 rings (SSSR count). The van der Waals surface area contributed by atoms with Gasteiger partial charge in [-0.15, -0.1) is 11.3 Å². The first-order valence-corrected chi connectivity index (χ1v) is 16.9. The van der Waals surface area contributed by atoms with Gasteiger partial charge >= 0.3 is 5.69 Å². The van der Waals surface area contributed by atoms with Crippen molar-refractivity contribution in [3.05, 3.63) is 150 Å². The van der Waals surface area contributed by atoms with Gasteiger partial charge in [0.1, 0.15) is 0 Å². The molecule has 0 bridgehead atoms. The van der Waals surface area contributed by atoms with E-state index < -0.39 is 0 Å². The highest BCUT2D eigenvalue weighted by Crippen LogP contribution is 2.37. The first kappa shape index (κ1) is 29.0. The Morgan fingerprint density at radius 3 is 1.76 bits per heavy atom. The summed E-state index contributed by atoms with van der Waals surface area (Å²) in [5.74, 6) is 1.84. The summed E-state index contributed by atoms with van der Waals surface area (Å²) in [4.78, 5) is 27.4. The number of rotatable bonds is 5. The Balaban J connectivity index is 1.12. The third-order valence-electron chi connectivity index (χ3n) is 9.25. The van der Waals surface area contributed by atoms with Crippen molar-refractivity contribution in [1.82, 2.24) is 24.1 Å². The second-order valence-corrected chi connectivity index (χ2v) is 13.3. The van der Waals surface area contributed by atoms with Crippen molar-refractivity contribution < 1.29 is 0 Å². The van der Waals surface area contributed by atoms with Gasteiger partial charge < -0.3 is 0 Å². The molecule has 0 fully saturated rings. The van der Waals surface area contributed by atoms with Crippen molar-refractivity contribution in [2.24, 2.45) is 14.1 Å². The van der Waals surface area contributed by atoms with E-state index in [0.29, 0.717) is 17.5 Å². The summed E-state index contributed by atoms with van der Waals surface area (Å²) in [6.07, 6.45) is 0. The maximum absolute atomic E-state index is 12.5. The lowest BCUT2D eigenvalue weighted by Gasteiger charge is -2.10. The number of nitrogens with zero attached hydrogens (tertiary/aromatic N) is 5. The lowest BCUT2D eigenvalue weighted by atomic mass is 10.0. The number of hydrogen-bond donors (Lipinski definition) is 0. The maximum Gasteiger partial charge on any atom is 0.328 e. The summed E-state index contributed by atoms with van der Waals surface area (Å²) in [6.45, 7) is 0. The monoisotopic (exact) mass is 651 g/mol. The van der Waals surface area contributed by atoms with Crippen LogP contribution in [0.1, 0.15) is 0 Å². The Morgan fingerprint density at radius 2 is 0.959 bits per heavy atom. The quantitative estimate of drug-likeness (QED) is 0.186. The number of hydrogen-bond acceptors (Lipinski definition) is 5. The molecule has 0 N–H and O–H groups in total.